The summed E-state index contributed by atoms with van der Waals surface area (Å²) < 4.78 is 5.15. The number of ether oxygens (including phenoxy) is 1. The Balaban J connectivity index is 0.00000140. The lowest BCUT2D eigenvalue weighted by Gasteiger charge is -2.04. The summed E-state index contributed by atoms with van der Waals surface area (Å²) in [5.74, 6) is 1.91. The van der Waals surface area contributed by atoms with Gasteiger partial charge in [-0.15, -0.1) is 24.8 Å². The molecule has 1 aliphatic rings. The van der Waals surface area contributed by atoms with Gasteiger partial charge in [0.25, 0.3) is 0 Å². The van der Waals surface area contributed by atoms with Gasteiger partial charge in [0, 0.05) is 30.1 Å². The van der Waals surface area contributed by atoms with Gasteiger partial charge in [-0.2, -0.15) is 4.98 Å². The van der Waals surface area contributed by atoms with Gasteiger partial charge in [0.2, 0.25) is 11.8 Å². The van der Waals surface area contributed by atoms with Crippen LogP contribution in [-0.2, 0) is 6.54 Å². The Bertz CT molecular complexity index is 1000. The number of nitrogens with zero attached hydrogens (tertiary/aromatic N) is 3. The zero-order valence-corrected chi connectivity index (χ0v) is 16.5. The smallest absolute Gasteiger partial charge is 0.238 e. The number of hydrogen-bond donors (Lipinski definition) is 3. The van der Waals surface area contributed by atoms with E-state index < -0.39 is 0 Å². The molecule has 0 spiro atoms. The number of benzene rings is 1. The van der Waals surface area contributed by atoms with E-state index >= 15 is 0 Å². The molecule has 0 fully saturated rings. The third-order valence-electron chi connectivity index (χ3n) is 4.05. The molecule has 9 heteroatoms. The summed E-state index contributed by atoms with van der Waals surface area (Å²) in [6.07, 6.45) is 5.23. The summed E-state index contributed by atoms with van der Waals surface area (Å²) in [6.45, 7) is 0.571. The number of aliphatic imine (C=N–C) groups is 1. The van der Waals surface area contributed by atoms with Crippen LogP contribution in [0.3, 0.4) is 0 Å². The van der Waals surface area contributed by atoms with Crippen LogP contribution in [0.4, 0.5) is 11.8 Å². The standard InChI is InChI=1S/C19H17N5O2.2ClH/c1-26-14-6-4-12(5-7-14)10-22-19-23-16(18(25)24-19)9-13-11-21-17-15(13)3-2-8-20-17;;/h2-9,11,25H,10H2,1H3,(H2,22,23,24);2*1H. The summed E-state index contributed by atoms with van der Waals surface area (Å²) in [7, 11) is 1.64. The van der Waals surface area contributed by atoms with Gasteiger partial charge in [-0.05, 0) is 35.9 Å². The van der Waals surface area contributed by atoms with Gasteiger partial charge in [0.15, 0.2) is 5.82 Å². The van der Waals surface area contributed by atoms with Gasteiger partial charge in [-0.1, -0.05) is 12.1 Å². The zero-order chi connectivity index (χ0) is 17.9. The van der Waals surface area contributed by atoms with E-state index in [4.69, 9.17) is 4.74 Å². The zero-order valence-electron chi connectivity index (χ0n) is 14.9. The second kappa shape index (κ2) is 9.25. The molecular formula is C19H19Cl2N5O2. The van der Waals surface area contributed by atoms with Gasteiger partial charge in [-0.25, -0.2) is 9.98 Å². The molecule has 28 heavy (non-hydrogen) atoms. The largest absolute Gasteiger partial charge is 0.497 e. The number of imidazole rings is 1. The highest BCUT2D eigenvalue weighted by Crippen LogP contribution is 2.31. The van der Waals surface area contributed by atoms with E-state index in [1.54, 1.807) is 25.6 Å². The molecule has 3 heterocycles. The number of nitrogens with one attached hydrogen (secondary N) is 2. The Hall–Kier alpha value is -3.03. The van der Waals surface area contributed by atoms with Crippen molar-refractivity contribution in [2.45, 2.75) is 6.54 Å². The maximum absolute atomic E-state index is 10.1. The molecule has 0 aliphatic carbocycles. The van der Waals surface area contributed by atoms with Crippen LogP contribution >= 0.6 is 24.8 Å². The molecule has 7 nitrogen and oxygen atoms in total. The van der Waals surface area contributed by atoms with E-state index in [-0.39, 0.29) is 30.7 Å². The number of halogens is 2. The van der Waals surface area contributed by atoms with Crippen molar-refractivity contribution in [3.8, 4) is 11.6 Å². The Morgan fingerprint density at radius 1 is 1.18 bits per heavy atom. The summed E-state index contributed by atoms with van der Waals surface area (Å²) in [4.78, 5) is 15.7. The number of H-pyrrole nitrogens is 1. The third-order valence-corrected chi connectivity index (χ3v) is 4.05. The minimum absolute atomic E-state index is 0. The molecule has 0 amide bonds. The number of hydrogen-bond acceptors (Lipinski definition) is 6. The molecule has 2 aromatic heterocycles. The van der Waals surface area contributed by atoms with Crippen molar-refractivity contribution in [1.82, 2.24) is 15.0 Å². The average molecular weight is 420 g/mol. The number of aromatic hydroxyl groups is 1. The minimum atomic E-state index is -0.0690. The minimum Gasteiger partial charge on any atom is -0.497 e. The van der Waals surface area contributed by atoms with Crippen LogP contribution in [-0.4, -0.2) is 33.4 Å². The van der Waals surface area contributed by atoms with Crippen LogP contribution in [0.5, 0.6) is 11.6 Å². The van der Waals surface area contributed by atoms with Crippen molar-refractivity contribution in [3.63, 3.8) is 0 Å². The van der Waals surface area contributed by atoms with Crippen LogP contribution in [0.25, 0.3) is 11.6 Å². The lowest BCUT2D eigenvalue weighted by molar-refractivity contribution is 0.414. The number of allylic oxidation sites excluding steroid dienone is 1. The Morgan fingerprint density at radius 3 is 2.71 bits per heavy atom. The van der Waals surface area contributed by atoms with Gasteiger partial charge in [0.1, 0.15) is 11.4 Å². The summed E-state index contributed by atoms with van der Waals surface area (Å²) in [5, 5.41) is 13.3. The molecule has 146 valence electrons. The second-order valence-electron chi connectivity index (χ2n) is 5.76. The number of aromatic amines is 1. The normalized spacial score (nSPS) is 12.8. The van der Waals surface area contributed by atoms with Crippen molar-refractivity contribution in [2.24, 2.45) is 4.99 Å². The lowest BCUT2D eigenvalue weighted by Crippen LogP contribution is -2.00. The van der Waals surface area contributed by atoms with Crippen LogP contribution in [0.2, 0.25) is 0 Å². The lowest BCUT2D eigenvalue weighted by atomic mass is 10.1. The predicted octanol–water partition coefficient (Wildman–Crippen LogP) is 4.23. The molecule has 0 radical (unpaired) electrons. The molecule has 4 rings (SSSR count). The van der Waals surface area contributed by atoms with Gasteiger partial charge in [0.05, 0.1) is 7.11 Å². The first-order valence-corrected chi connectivity index (χ1v) is 8.10. The molecular weight excluding hydrogens is 401 g/mol. The average Bonchev–Trinajstić information content (AvgIpc) is 3.24. The van der Waals surface area contributed by atoms with Crippen molar-refractivity contribution < 1.29 is 9.84 Å². The highest BCUT2D eigenvalue weighted by atomic mass is 35.5. The van der Waals surface area contributed by atoms with Crippen molar-refractivity contribution in [2.75, 3.05) is 12.4 Å². The van der Waals surface area contributed by atoms with Crippen LogP contribution in [0, 0.1) is 0 Å². The highest BCUT2D eigenvalue weighted by molar-refractivity contribution is 6.20. The van der Waals surface area contributed by atoms with E-state index in [9.17, 15) is 5.11 Å². The summed E-state index contributed by atoms with van der Waals surface area (Å²) in [6, 6.07) is 11.5. The fourth-order valence-electron chi connectivity index (χ4n) is 2.69. The first kappa shape index (κ1) is 21.3. The number of anilines is 1. The third kappa shape index (κ3) is 4.44. The van der Waals surface area contributed by atoms with E-state index in [0.717, 1.165) is 22.4 Å². The number of pyridine rings is 1. The van der Waals surface area contributed by atoms with E-state index in [0.29, 0.717) is 24.0 Å². The Kier molecular flexibility index (Phi) is 7.03. The van der Waals surface area contributed by atoms with Crippen LogP contribution < -0.4 is 10.1 Å². The fraction of sp³-hybridized carbons (Fsp3) is 0.105. The molecule has 0 saturated carbocycles. The quantitative estimate of drug-likeness (QED) is 0.574. The molecule has 0 atom stereocenters. The van der Waals surface area contributed by atoms with E-state index in [1.165, 1.54) is 0 Å². The molecule has 0 unspecified atom stereocenters. The fourth-order valence-corrected chi connectivity index (χ4v) is 2.69. The number of fused-ring (bicyclic) bond motifs is 1. The topological polar surface area (TPSA) is 95.4 Å². The Morgan fingerprint density at radius 2 is 1.96 bits per heavy atom. The molecule has 3 N–H and O–H groups in total. The SMILES string of the molecule is COc1ccc(CNc2nc(O)c(C=C3C=Nc4ncccc43)[nH]2)cc1.Cl.Cl. The number of methoxy groups -OCH3 is 1. The monoisotopic (exact) mass is 419 g/mol. The number of aromatic nitrogens is 3. The molecule has 1 aromatic carbocycles. The van der Waals surface area contributed by atoms with E-state index in [2.05, 4.69) is 25.3 Å². The van der Waals surface area contributed by atoms with Crippen LogP contribution in [0.1, 0.15) is 16.8 Å². The molecule has 0 bridgehead atoms. The van der Waals surface area contributed by atoms with Gasteiger partial charge < -0.3 is 20.1 Å². The van der Waals surface area contributed by atoms with Crippen LogP contribution in [0.15, 0.2) is 47.6 Å². The molecule has 1 aliphatic heterocycles. The second-order valence-corrected chi connectivity index (χ2v) is 5.76. The molecule has 0 saturated heterocycles. The highest BCUT2D eigenvalue weighted by Gasteiger charge is 2.14. The maximum atomic E-state index is 10.1. The predicted molar refractivity (Wildman–Crippen MR) is 115 cm³/mol. The Labute approximate surface area is 174 Å². The summed E-state index contributed by atoms with van der Waals surface area (Å²) in [5.41, 5.74) is 3.38. The van der Waals surface area contributed by atoms with Gasteiger partial charge >= 0.3 is 0 Å². The first-order chi connectivity index (χ1) is 12.7. The summed E-state index contributed by atoms with van der Waals surface area (Å²) >= 11 is 0. The maximum Gasteiger partial charge on any atom is 0.238 e. The van der Waals surface area contributed by atoms with Crippen molar-refractivity contribution in [1.29, 1.82) is 0 Å². The molecule has 3 aromatic rings. The first-order valence-electron chi connectivity index (χ1n) is 8.10. The van der Waals surface area contributed by atoms with Crippen molar-refractivity contribution in [3.05, 3.63) is 59.4 Å². The van der Waals surface area contributed by atoms with Crippen molar-refractivity contribution >= 4 is 54.4 Å². The van der Waals surface area contributed by atoms with E-state index in [1.807, 2.05) is 36.4 Å². The van der Waals surface area contributed by atoms with Gasteiger partial charge in [-0.3, -0.25) is 0 Å². The number of rotatable bonds is 5.